The average Bonchev–Trinajstić information content (AvgIpc) is 2.77. The maximum absolute atomic E-state index is 6.29. The second kappa shape index (κ2) is 3.67. The van der Waals surface area contributed by atoms with Gasteiger partial charge in [-0.3, -0.25) is 0 Å². The lowest BCUT2D eigenvalue weighted by molar-refractivity contribution is 0.480. The van der Waals surface area contributed by atoms with E-state index in [-0.39, 0.29) is 0 Å². The van der Waals surface area contributed by atoms with Crippen molar-refractivity contribution < 1.29 is 4.42 Å². The van der Waals surface area contributed by atoms with Gasteiger partial charge in [-0.2, -0.15) is 0 Å². The summed E-state index contributed by atoms with van der Waals surface area (Å²) in [6.07, 6.45) is 10.3. The molecule has 0 spiro atoms. The topological polar surface area (TPSA) is 39.2 Å². The Bertz CT molecular complexity index is 307. The average molecular weight is 205 g/mol. The summed E-state index contributed by atoms with van der Waals surface area (Å²) in [4.78, 5) is 0. The van der Waals surface area contributed by atoms with Gasteiger partial charge in [0.15, 0.2) is 0 Å². The number of nitrogens with two attached hydrogens (primary N) is 1. The maximum Gasteiger partial charge on any atom is 0.0935 e. The lowest BCUT2D eigenvalue weighted by Crippen LogP contribution is -2.26. The normalized spacial score (nSPS) is 35.9. The van der Waals surface area contributed by atoms with Crippen molar-refractivity contribution in [1.82, 2.24) is 0 Å². The smallest absolute Gasteiger partial charge is 0.0935 e. The summed E-state index contributed by atoms with van der Waals surface area (Å²) < 4.78 is 5.08. The summed E-state index contributed by atoms with van der Waals surface area (Å²) in [6.45, 7) is 0. The zero-order valence-electron chi connectivity index (χ0n) is 9.06. The van der Waals surface area contributed by atoms with Crippen LogP contribution in [-0.4, -0.2) is 6.04 Å². The molecule has 1 heterocycles. The van der Waals surface area contributed by atoms with Crippen LogP contribution < -0.4 is 5.73 Å². The molecule has 0 amide bonds. The number of hydrogen-bond donors (Lipinski definition) is 1. The summed E-state index contributed by atoms with van der Waals surface area (Å²) >= 11 is 0. The van der Waals surface area contributed by atoms with Crippen LogP contribution in [0.15, 0.2) is 23.0 Å². The van der Waals surface area contributed by atoms with Crippen LogP contribution in [0.3, 0.4) is 0 Å². The number of rotatable bonds is 3. The van der Waals surface area contributed by atoms with E-state index in [1.165, 1.54) is 31.2 Å². The maximum atomic E-state index is 6.29. The molecule has 2 aliphatic carbocycles. The van der Waals surface area contributed by atoms with E-state index in [2.05, 4.69) is 0 Å². The van der Waals surface area contributed by atoms with Crippen molar-refractivity contribution >= 4 is 0 Å². The van der Waals surface area contributed by atoms with Crippen LogP contribution in [-0.2, 0) is 6.42 Å². The van der Waals surface area contributed by atoms with E-state index in [0.717, 1.165) is 24.2 Å². The fourth-order valence-electron chi connectivity index (χ4n) is 3.50. The molecule has 2 aliphatic rings. The van der Waals surface area contributed by atoms with Crippen molar-refractivity contribution in [1.29, 1.82) is 0 Å². The summed E-state index contributed by atoms with van der Waals surface area (Å²) in [5, 5.41) is 0. The van der Waals surface area contributed by atoms with Gasteiger partial charge in [0, 0.05) is 6.04 Å². The van der Waals surface area contributed by atoms with Crippen molar-refractivity contribution in [2.45, 2.75) is 38.1 Å². The van der Waals surface area contributed by atoms with Crippen molar-refractivity contribution in [3.05, 3.63) is 24.2 Å². The first-order valence-electron chi connectivity index (χ1n) is 6.13. The molecule has 15 heavy (non-hydrogen) atoms. The van der Waals surface area contributed by atoms with Crippen molar-refractivity contribution in [2.24, 2.45) is 23.5 Å². The van der Waals surface area contributed by atoms with Crippen LogP contribution in [0.1, 0.15) is 31.2 Å². The van der Waals surface area contributed by atoms with Gasteiger partial charge in [0.2, 0.25) is 0 Å². The van der Waals surface area contributed by atoms with Gasteiger partial charge < -0.3 is 10.2 Å². The molecule has 3 unspecified atom stereocenters. The minimum absolute atomic E-state index is 0.357. The highest BCUT2D eigenvalue weighted by molar-refractivity contribution is 5.12. The Balaban J connectivity index is 1.59. The van der Waals surface area contributed by atoms with E-state index in [1.807, 2.05) is 12.3 Å². The van der Waals surface area contributed by atoms with Gasteiger partial charge in [-0.15, -0.1) is 0 Å². The zero-order valence-corrected chi connectivity index (χ0v) is 9.06. The van der Waals surface area contributed by atoms with Crippen molar-refractivity contribution in [2.75, 3.05) is 0 Å². The third-order valence-electron chi connectivity index (χ3n) is 4.27. The lowest BCUT2D eigenvalue weighted by Gasteiger charge is -2.09. The number of hydrogen-bond acceptors (Lipinski definition) is 2. The molecule has 0 aromatic carbocycles. The highest BCUT2D eigenvalue weighted by Crippen LogP contribution is 2.56. The Hall–Kier alpha value is -0.760. The number of furan rings is 1. The Labute approximate surface area is 90.8 Å². The van der Waals surface area contributed by atoms with Gasteiger partial charge in [-0.1, -0.05) is 12.8 Å². The second-order valence-corrected chi connectivity index (χ2v) is 5.19. The van der Waals surface area contributed by atoms with Gasteiger partial charge in [-0.05, 0) is 48.6 Å². The molecule has 2 fully saturated rings. The van der Waals surface area contributed by atoms with Crippen LogP contribution in [0.25, 0.3) is 0 Å². The van der Waals surface area contributed by atoms with E-state index >= 15 is 0 Å². The first kappa shape index (κ1) is 9.46. The van der Waals surface area contributed by atoms with Gasteiger partial charge in [0.05, 0.1) is 12.5 Å². The summed E-state index contributed by atoms with van der Waals surface area (Å²) in [5.41, 5.74) is 7.54. The van der Waals surface area contributed by atoms with Crippen LogP contribution in [0, 0.1) is 17.8 Å². The molecular weight excluding hydrogens is 186 g/mol. The van der Waals surface area contributed by atoms with Crippen molar-refractivity contribution in [3.8, 4) is 0 Å². The van der Waals surface area contributed by atoms with E-state index < -0.39 is 0 Å². The van der Waals surface area contributed by atoms with E-state index in [4.69, 9.17) is 10.2 Å². The molecule has 0 saturated heterocycles. The summed E-state index contributed by atoms with van der Waals surface area (Å²) in [5.74, 6) is 2.73. The summed E-state index contributed by atoms with van der Waals surface area (Å²) in [6, 6.07) is 2.39. The lowest BCUT2D eigenvalue weighted by atomic mass is 10.0. The molecule has 0 radical (unpaired) electrons. The largest absolute Gasteiger partial charge is 0.472 e. The molecule has 2 saturated carbocycles. The van der Waals surface area contributed by atoms with E-state index in [0.29, 0.717) is 6.04 Å². The molecule has 0 bridgehead atoms. The third kappa shape index (κ3) is 1.71. The van der Waals surface area contributed by atoms with Crippen LogP contribution >= 0.6 is 0 Å². The Morgan fingerprint density at radius 3 is 2.67 bits per heavy atom. The quantitative estimate of drug-likeness (QED) is 0.823. The van der Waals surface area contributed by atoms with E-state index in [1.54, 1.807) is 6.26 Å². The highest BCUT2D eigenvalue weighted by Gasteiger charge is 2.52. The Kier molecular flexibility index (Phi) is 2.32. The van der Waals surface area contributed by atoms with Crippen LogP contribution in [0.5, 0.6) is 0 Å². The summed E-state index contributed by atoms with van der Waals surface area (Å²) in [7, 11) is 0. The Morgan fingerprint density at radius 1 is 1.33 bits per heavy atom. The first-order valence-corrected chi connectivity index (χ1v) is 6.13. The van der Waals surface area contributed by atoms with Crippen molar-refractivity contribution in [3.63, 3.8) is 0 Å². The SMILES string of the molecule is NC(Cc1ccoc1)C1C2CCCCC21. The van der Waals surface area contributed by atoms with Crippen LogP contribution in [0.4, 0.5) is 0 Å². The minimum Gasteiger partial charge on any atom is -0.472 e. The van der Waals surface area contributed by atoms with Gasteiger partial charge in [-0.25, -0.2) is 0 Å². The second-order valence-electron chi connectivity index (χ2n) is 5.19. The third-order valence-corrected chi connectivity index (χ3v) is 4.27. The van der Waals surface area contributed by atoms with Gasteiger partial charge in [0.1, 0.15) is 0 Å². The molecule has 3 rings (SSSR count). The molecule has 0 aliphatic heterocycles. The molecule has 1 aromatic heterocycles. The van der Waals surface area contributed by atoms with Gasteiger partial charge in [0.25, 0.3) is 0 Å². The molecule has 2 N–H and O–H groups in total. The molecule has 3 atom stereocenters. The molecular formula is C13H19NO. The molecule has 2 nitrogen and oxygen atoms in total. The molecule has 82 valence electrons. The monoisotopic (exact) mass is 205 g/mol. The van der Waals surface area contributed by atoms with E-state index in [9.17, 15) is 0 Å². The predicted molar refractivity (Wildman–Crippen MR) is 59.3 cm³/mol. The number of fused-ring (bicyclic) bond motifs is 1. The standard InChI is InChI=1S/C13H19NO/c14-12(7-9-5-6-15-8-9)13-10-3-1-2-4-11(10)13/h5-6,8,10-13H,1-4,7,14H2. The Morgan fingerprint density at radius 2 is 2.07 bits per heavy atom. The fourth-order valence-corrected chi connectivity index (χ4v) is 3.50. The van der Waals surface area contributed by atoms with Gasteiger partial charge >= 0.3 is 0 Å². The molecule has 2 heteroatoms. The van der Waals surface area contributed by atoms with Crippen LogP contribution in [0.2, 0.25) is 0 Å². The fraction of sp³-hybridized carbons (Fsp3) is 0.692. The molecule has 1 aromatic rings. The zero-order chi connectivity index (χ0) is 10.3. The predicted octanol–water partition coefficient (Wildman–Crippen LogP) is 2.59. The highest BCUT2D eigenvalue weighted by atomic mass is 16.3. The first-order chi connectivity index (χ1) is 7.36. The minimum atomic E-state index is 0.357.